The van der Waals surface area contributed by atoms with Crippen molar-refractivity contribution in [2.45, 2.75) is 50.7 Å². The molecule has 0 bridgehead atoms. The predicted octanol–water partition coefficient (Wildman–Crippen LogP) is 1.54. The van der Waals surface area contributed by atoms with Gasteiger partial charge in [0.1, 0.15) is 12.2 Å². The smallest absolute Gasteiger partial charge is 0.138 e. The minimum Gasteiger partial charge on any atom is -0.377 e. The number of rotatable bonds is 5. The highest BCUT2D eigenvalue weighted by molar-refractivity contribution is 5.01. The Morgan fingerprint density at radius 1 is 1.63 bits per heavy atom. The molecule has 1 aromatic heterocycles. The lowest BCUT2D eigenvalue weighted by molar-refractivity contribution is -0.0780. The number of ether oxygens (including phenoxy) is 1. The Balaban J connectivity index is 2.16. The molecule has 0 amide bonds. The molecule has 0 spiro atoms. The summed E-state index contributed by atoms with van der Waals surface area (Å²) in [5.41, 5.74) is -0.0711. The van der Waals surface area contributed by atoms with Crippen LogP contribution in [0.3, 0.4) is 0 Å². The Morgan fingerprint density at radius 2 is 2.42 bits per heavy atom. The number of nitrogens with one attached hydrogen (secondary N) is 1. The standard InChI is InChI=1S/C14H26N4O/c1-11-6-5-7-14(9-11,19-4)12(15-2)8-13-16-10-17-18(13)3/h10-12,15H,5-9H2,1-4H3. The average molecular weight is 266 g/mol. The summed E-state index contributed by atoms with van der Waals surface area (Å²) >= 11 is 0. The van der Waals surface area contributed by atoms with Gasteiger partial charge in [-0.1, -0.05) is 19.8 Å². The second-order valence-electron chi connectivity index (χ2n) is 5.82. The number of likely N-dealkylation sites (N-methyl/N-ethyl adjacent to an activating group) is 1. The molecule has 3 unspecified atom stereocenters. The summed E-state index contributed by atoms with van der Waals surface area (Å²) in [5.74, 6) is 1.73. The van der Waals surface area contributed by atoms with Crippen LogP contribution in [-0.4, -0.2) is 40.6 Å². The summed E-state index contributed by atoms with van der Waals surface area (Å²) in [7, 11) is 5.80. The Kier molecular flexibility index (Phi) is 4.58. The zero-order chi connectivity index (χ0) is 13.9. The van der Waals surface area contributed by atoms with E-state index >= 15 is 0 Å². The third kappa shape index (κ3) is 2.98. The molecule has 0 aliphatic heterocycles. The van der Waals surface area contributed by atoms with E-state index < -0.39 is 0 Å². The van der Waals surface area contributed by atoms with E-state index in [-0.39, 0.29) is 11.6 Å². The monoisotopic (exact) mass is 266 g/mol. The molecule has 108 valence electrons. The van der Waals surface area contributed by atoms with Crippen LogP contribution in [0.15, 0.2) is 6.33 Å². The molecule has 1 heterocycles. The second-order valence-corrected chi connectivity index (χ2v) is 5.82. The van der Waals surface area contributed by atoms with Crippen molar-refractivity contribution in [2.24, 2.45) is 13.0 Å². The molecule has 3 atom stereocenters. The van der Waals surface area contributed by atoms with Crippen LogP contribution in [0.4, 0.5) is 0 Å². The molecule has 1 aliphatic carbocycles. The van der Waals surface area contributed by atoms with Gasteiger partial charge < -0.3 is 10.1 Å². The van der Waals surface area contributed by atoms with Crippen LogP contribution in [0.25, 0.3) is 0 Å². The minimum atomic E-state index is -0.0711. The third-order valence-corrected chi connectivity index (χ3v) is 4.57. The van der Waals surface area contributed by atoms with Crippen LogP contribution >= 0.6 is 0 Å². The van der Waals surface area contributed by atoms with Gasteiger partial charge in [0.25, 0.3) is 0 Å². The number of aromatic nitrogens is 3. The van der Waals surface area contributed by atoms with Crippen molar-refractivity contribution in [3.63, 3.8) is 0 Å². The highest BCUT2D eigenvalue weighted by atomic mass is 16.5. The normalized spacial score (nSPS) is 29.4. The van der Waals surface area contributed by atoms with Gasteiger partial charge in [-0.2, -0.15) is 5.10 Å². The largest absolute Gasteiger partial charge is 0.377 e. The maximum Gasteiger partial charge on any atom is 0.138 e. The summed E-state index contributed by atoms with van der Waals surface area (Å²) in [5, 5.41) is 7.59. The zero-order valence-electron chi connectivity index (χ0n) is 12.5. The fourth-order valence-electron chi connectivity index (χ4n) is 3.43. The molecule has 1 aliphatic rings. The first-order chi connectivity index (χ1) is 9.11. The first kappa shape index (κ1) is 14.5. The van der Waals surface area contributed by atoms with Gasteiger partial charge in [0, 0.05) is 26.6 Å². The van der Waals surface area contributed by atoms with Crippen LogP contribution < -0.4 is 5.32 Å². The van der Waals surface area contributed by atoms with E-state index in [9.17, 15) is 0 Å². The molecule has 0 saturated heterocycles. The van der Waals surface area contributed by atoms with Crippen molar-refractivity contribution >= 4 is 0 Å². The summed E-state index contributed by atoms with van der Waals surface area (Å²) in [6.45, 7) is 2.32. The van der Waals surface area contributed by atoms with E-state index in [4.69, 9.17) is 4.74 Å². The first-order valence-corrected chi connectivity index (χ1v) is 7.16. The minimum absolute atomic E-state index is 0.0711. The van der Waals surface area contributed by atoms with E-state index in [1.165, 1.54) is 12.8 Å². The number of hydrogen-bond donors (Lipinski definition) is 1. The van der Waals surface area contributed by atoms with Gasteiger partial charge in [-0.3, -0.25) is 4.68 Å². The molecule has 1 saturated carbocycles. The lowest BCUT2D eigenvalue weighted by Gasteiger charge is -2.44. The molecule has 0 radical (unpaired) electrons. The molecule has 19 heavy (non-hydrogen) atoms. The Labute approximate surface area is 115 Å². The highest BCUT2D eigenvalue weighted by Crippen LogP contribution is 2.38. The number of methoxy groups -OCH3 is 1. The maximum absolute atomic E-state index is 5.97. The van der Waals surface area contributed by atoms with Crippen LogP contribution in [0.1, 0.15) is 38.4 Å². The van der Waals surface area contributed by atoms with E-state index in [0.717, 1.165) is 31.0 Å². The number of aryl methyl sites for hydroxylation is 1. The third-order valence-electron chi connectivity index (χ3n) is 4.57. The fraction of sp³-hybridized carbons (Fsp3) is 0.857. The Bertz CT molecular complexity index is 406. The quantitative estimate of drug-likeness (QED) is 0.878. The van der Waals surface area contributed by atoms with Crippen molar-refractivity contribution < 1.29 is 4.74 Å². The number of nitrogens with zero attached hydrogens (tertiary/aromatic N) is 3. The molecule has 5 heteroatoms. The van der Waals surface area contributed by atoms with Crippen molar-refractivity contribution in [1.29, 1.82) is 0 Å². The SMILES string of the molecule is CNC(Cc1ncnn1C)C1(OC)CCCC(C)C1. The molecule has 1 N–H and O–H groups in total. The maximum atomic E-state index is 5.97. The molecule has 2 rings (SSSR count). The van der Waals surface area contributed by atoms with Gasteiger partial charge in [0.05, 0.1) is 5.60 Å². The van der Waals surface area contributed by atoms with E-state index in [2.05, 4.69) is 22.3 Å². The number of hydrogen-bond acceptors (Lipinski definition) is 4. The molecule has 5 nitrogen and oxygen atoms in total. The highest BCUT2D eigenvalue weighted by Gasteiger charge is 2.41. The topological polar surface area (TPSA) is 52.0 Å². The second kappa shape index (κ2) is 6.01. The summed E-state index contributed by atoms with van der Waals surface area (Å²) in [4.78, 5) is 4.34. The van der Waals surface area contributed by atoms with Gasteiger partial charge in [0.2, 0.25) is 0 Å². The molecular formula is C14H26N4O. The van der Waals surface area contributed by atoms with E-state index in [0.29, 0.717) is 0 Å². The van der Waals surface area contributed by atoms with Crippen LogP contribution in [0, 0.1) is 5.92 Å². The van der Waals surface area contributed by atoms with Crippen molar-refractivity contribution in [3.05, 3.63) is 12.2 Å². The van der Waals surface area contributed by atoms with Crippen molar-refractivity contribution in [1.82, 2.24) is 20.1 Å². The van der Waals surface area contributed by atoms with Gasteiger partial charge >= 0.3 is 0 Å². The van der Waals surface area contributed by atoms with Crippen molar-refractivity contribution in [3.8, 4) is 0 Å². The van der Waals surface area contributed by atoms with Gasteiger partial charge in [-0.25, -0.2) is 4.98 Å². The first-order valence-electron chi connectivity index (χ1n) is 7.16. The Hall–Kier alpha value is -0.940. The average Bonchev–Trinajstić information content (AvgIpc) is 2.81. The predicted molar refractivity (Wildman–Crippen MR) is 74.9 cm³/mol. The Morgan fingerprint density at radius 3 is 2.95 bits per heavy atom. The summed E-state index contributed by atoms with van der Waals surface area (Å²) in [6.07, 6.45) is 7.26. The van der Waals surface area contributed by atoms with Gasteiger partial charge in [0.15, 0.2) is 0 Å². The molecular weight excluding hydrogens is 240 g/mol. The van der Waals surface area contributed by atoms with E-state index in [1.54, 1.807) is 6.33 Å². The molecule has 1 fully saturated rings. The van der Waals surface area contributed by atoms with Gasteiger partial charge in [-0.15, -0.1) is 0 Å². The zero-order valence-corrected chi connectivity index (χ0v) is 12.5. The lowest BCUT2D eigenvalue weighted by atomic mass is 9.73. The van der Waals surface area contributed by atoms with Crippen molar-refractivity contribution in [2.75, 3.05) is 14.2 Å². The van der Waals surface area contributed by atoms with Crippen LogP contribution in [0.5, 0.6) is 0 Å². The summed E-state index contributed by atoms with van der Waals surface area (Å²) < 4.78 is 7.82. The molecule has 1 aromatic rings. The van der Waals surface area contributed by atoms with Gasteiger partial charge in [-0.05, 0) is 25.8 Å². The van der Waals surface area contributed by atoms with E-state index in [1.807, 2.05) is 25.9 Å². The van der Waals surface area contributed by atoms with Crippen LogP contribution in [0.2, 0.25) is 0 Å². The van der Waals surface area contributed by atoms with Crippen LogP contribution in [-0.2, 0) is 18.2 Å². The molecule has 0 aromatic carbocycles. The lowest BCUT2D eigenvalue weighted by Crippen LogP contribution is -2.54. The summed E-state index contributed by atoms with van der Waals surface area (Å²) in [6, 6.07) is 0.281. The fourth-order valence-corrected chi connectivity index (χ4v) is 3.43.